The van der Waals surface area contributed by atoms with E-state index >= 15 is 0 Å². The summed E-state index contributed by atoms with van der Waals surface area (Å²) >= 11 is 7.93. The Morgan fingerprint density at radius 2 is 2.00 bits per heavy atom. The summed E-state index contributed by atoms with van der Waals surface area (Å²) in [6.45, 7) is 3.09. The predicted molar refractivity (Wildman–Crippen MR) is 39.7 cm³/mol. The van der Waals surface area contributed by atoms with E-state index in [-0.39, 0.29) is 23.1 Å². The van der Waals surface area contributed by atoms with Crippen LogP contribution in [0.4, 0.5) is 0 Å². The van der Waals surface area contributed by atoms with Gasteiger partial charge in [-0.2, -0.15) is 0 Å². The maximum Gasteiger partial charge on any atom is 0.316 e. The molecule has 4 heteroatoms. The van der Waals surface area contributed by atoms with Crippen LogP contribution in [0, 0.1) is 0 Å². The Morgan fingerprint density at radius 1 is 1.83 bits per heavy atom. The van der Waals surface area contributed by atoms with Crippen LogP contribution in [0.1, 0.15) is 0 Å². The van der Waals surface area contributed by atoms with E-state index in [1.54, 1.807) is 0 Å². The Morgan fingerprint density at radius 3 is 2.00 bits per heavy atom. The lowest BCUT2D eigenvalue weighted by molar-refractivity contribution is 1.91. The van der Waals surface area contributed by atoms with Crippen LogP contribution in [0.15, 0.2) is 4.99 Å². The first-order valence-corrected chi connectivity index (χ1v) is 1.82. The van der Waals surface area contributed by atoms with Gasteiger partial charge in [-0.1, -0.05) is 12.2 Å². The zero-order valence-corrected chi connectivity index (χ0v) is 4.22. The van der Waals surface area contributed by atoms with Gasteiger partial charge in [-0.25, -0.2) is 4.99 Å². The van der Waals surface area contributed by atoms with E-state index in [9.17, 15) is 0 Å². The minimum Gasteiger partial charge on any atom is -0.246 e. The average molecular weight is 132 g/mol. The molecule has 0 rings (SSSR count). The highest BCUT2D eigenvalue weighted by atomic mass is 32.1. The van der Waals surface area contributed by atoms with Crippen LogP contribution >= 0.6 is 24.8 Å². The summed E-state index contributed by atoms with van der Waals surface area (Å²) in [6.07, 6.45) is 0. The van der Waals surface area contributed by atoms with Crippen LogP contribution < -0.4 is 0 Å². The van der Waals surface area contributed by atoms with Crippen molar-refractivity contribution < 1.29 is 0 Å². The van der Waals surface area contributed by atoms with Gasteiger partial charge in [0.15, 0.2) is 4.32 Å². The molecule has 0 aliphatic rings. The molecular weight excluding hydrogens is 126 g/mol. The molecule has 0 aromatic rings. The minimum atomic E-state index is 0. The van der Waals surface area contributed by atoms with Crippen molar-refractivity contribution in [1.82, 2.24) is 0 Å². The fraction of sp³-hybridized carbons (Fsp3) is 0. The maximum atomic E-state index is 4.33. The van der Waals surface area contributed by atoms with E-state index in [2.05, 4.69) is 36.6 Å². The van der Waals surface area contributed by atoms with E-state index in [0.717, 1.165) is 0 Å². The van der Waals surface area contributed by atoms with E-state index in [1.807, 2.05) is 0 Å². The van der Waals surface area contributed by atoms with E-state index in [0.29, 0.717) is 4.32 Å². The smallest absolute Gasteiger partial charge is 0.246 e. The molecule has 0 unspecified atom stereocenters. The SMILES string of the molecule is C=NC(=S)S.[MgH2]. The molecule has 0 amide bonds. The normalized spacial score (nSPS) is 5.50. The number of rotatable bonds is 0. The fourth-order valence-corrected chi connectivity index (χ4v) is 0. The summed E-state index contributed by atoms with van der Waals surface area (Å²) in [5.41, 5.74) is 0. The lowest BCUT2D eigenvalue weighted by atomic mass is 11.4. The number of thiol groups is 1. The molecule has 0 atom stereocenters. The first-order valence-electron chi connectivity index (χ1n) is 0.968. The van der Waals surface area contributed by atoms with Crippen molar-refractivity contribution in [3.05, 3.63) is 0 Å². The average Bonchev–Trinajstić information content (AvgIpc) is 1.38. The first-order chi connectivity index (χ1) is 2.27. The summed E-state index contributed by atoms with van der Waals surface area (Å²) in [7, 11) is 0. The second-order valence-electron chi connectivity index (χ2n) is 0.441. The van der Waals surface area contributed by atoms with Gasteiger partial charge < -0.3 is 0 Å². The van der Waals surface area contributed by atoms with Crippen LogP contribution in [0.3, 0.4) is 0 Å². The van der Waals surface area contributed by atoms with Crippen molar-refractivity contribution in [2.24, 2.45) is 4.99 Å². The number of aliphatic imine (C=N–C) groups is 1. The molecule has 0 aliphatic heterocycles. The van der Waals surface area contributed by atoms with E-state index in [4.69, 9.17) is 0 Å². The Balaban J connectivity index is 0. The zero-order valence-electron chi connectivity index (χ0n) is 2.51. The quantitative estimate of drug-likeness (QED) is 0.211. The van der Waals surface area contributed by atoms with Crippen molar-refractivity contribution in [3.8, 4) is 0 Å². The highest BCUT2D eigenvalue weighted by Crippen LogP contribution is 1.78. The summed E-state index contributed by atoms with van der Waals surface area (Å²) in [6, 6.07) is 0. The van der Waals surface area contributed by atoms with Crippen LogP contribution in [0.25, 0.3) is 0 Å². The highest BCUT2D eigenvalue weighted by Gasteiger charge is 1.65. The van der Waals surface area contributed by atoms with Gasteiger partial charge in [0.1, 0.15) is 0 Å². The molecular formula is C2H5MgNS2. The van der Waals surface area contributed by atoms with Crippen LogP contribution in [-0.4, -0.2) is 34.1 Å². The first kappa shape index (κ1) is 9.99. The largest absolute Gasteiger partial charge is 0.316 e. The highest BCUT2D eigenvalue weighted by molar-refractivity contribution is 8.11. The summed E-state index contributed by atoms with van der Waals surface area (Å²) in [5, 5.41) is 0. The second-order valence-corrected chi connectivity index (χ2v) is 1.55. The molecule has 0 aromatic carbocycles. The summed E-state index contributed by atoms with van der Waals surface area (Å²) in [5.74, 6) is 0. The third-order valence-electron chi connectivity index (χ3n) is 0.135. The zero-order chi connectivity index (χ0) is 4.28. The molecule has 0 fully saturated rings. The van der Waals surface area contributed by atoms with Gasteiger partial charge in [0, 0.05) is 0 Å². The van der Waals surface area contributed by atoms with Gasteiger partial charge >= 0.3 is 23.1 Å². The molecule has 6 heavy (non-hydrogen) atoms. The Labute approximate surface area is 63.8 Å². The van der Waals surface area contributed by atoms with Crippen LogP contribution in [-0.2, 0) is 0 Å². The number of hydrogen-bond acceptors (Lipinski definition) is 1. The van der Waals surface area contributed by atoms with Crippen molar-refractivity contribution in [2.45, 2.75) is 0 Å². The van der Waals surface area contributed by atoms with Gasteiger partial charge in [0.2, 0.25) is 0 Å². The summed E-state index contributed by atoms with van der Waals surface area (Å²) < 4.78 is 0.296. The lowest BCUT2D eigenvalue weighted by Gasteiger charge is -1.68. The molecule has 0 saturated heterocycles. The molecule has 0 aromatic heterocycles. The molecule has 0 radical (unpaired) electrons. The van der Waals surface area contributed by atoms with Gasteiger partial charge in [-0.15, -0.1) is 12.6 Å². The minimum absolute atomic E-state index is 0. The van der Waals surface area contributed by atoms with Gasteiger partial charge in [0.25, 0.3) is 0 Å². The van der Waals surface area contributed by atoms with Crippen LogP contribution in [0.2, 0.25) is 0 Å². The molecule has 0 bridgehead atoms. The van der Waals surface area contributed by atoms with Crippen molar-refractivity contribution in [2.75, 3.05) is 0 Å². The van der Waals surface area contributed by atoms with Gasteiger partial charge in [0.05, 0.1) is 0 Å². The van der Waals surface area contributed by atoms with Crippen molar-refractivity contribution >= 4 is 58.9 Å². The molecule has 0 spiro atoms. The van der Waals surface area contributed by atoms with Gasteiger partial charge in [-0.05, 0) is 6.72 Å². The molecule has 0 N–H and O–H groups in total. The Kier molecular flexibility index (Phi) is 9.78. The standard InChI is InChI=1S/C2H3NS2.Mg.2H/c1-3-2(4)5;;;/h1H2,(H,4,5);;;. The second kappa shape index (κ2) is 5.88. The number of hydrogen-bond donors (Lipinski definition) is 1. The molecule has 1 nitrogen and oxygen atoms in total. The van der Waals surface area contributed by atoms with Gasteiger partial charge in [-0.3, -0.25) is 0 Å². The molecule has 0 aliphatic carbocycles. The Hall–Kier alpha value is 0.876. The number of nitrogens with zero attached hydrogens (tertiary/aromatic N) is 1. The Bertz CT molecular complexity index is 62.6. The third-order valence-corrected chi connectivity index (χ3v) is 0.406. The van der Waals surface area contributed by atoms with Crippen LogP contribution in [0.5, 0.6) is 0 Å². The van der Waals surface area contributed by atoms with Crippen molar-refractivity contribution in [3.63, 3.8) is 0 Å². The summed E-state index contributed by atoms with van der Waals surface area (Å²) in [4.78, 5) is 3.23. The fourth-order valence-electron chi connectivity index (χ4n) is 0. The molecule has 0 saturated carbocycles. The predicted octanol–water partition coefficient (Wildman–Crippen LogP) is -0.0145. The van der Waals surface area contributed by atoms with E-state index < -0.39 is 0 Å². The lowest BCUT2D eigenvalue weighted by Crippen LogP contribution is -1.63. The monoisotopic (exact) mass is 131 g/mol. The molecule has 32 valence electrons. The topological polar surface area (TPSA) is 12.4 Å². The molecule has 0 heterocycles. The van der Waals surface area contributed by atoms with Crippen molar-refractivity contribution in [1.29, 1.82) is 0 Å². The third kappa shape index (κ3) is 8.86. The maximum absolute atomic E-state index is 4.33. The van der Waals surface area contributed by atoms with E-state index in [1.165, 1.54) is 0 Å². The number of thiocarbonyl (C=S) groups is 1.